The van der Waals surface area contributed by atoms with Gasteiger partial charge in [0.05, 0.1) is 4.90 Å². The van der Waals surface area contributed by atoms with Gasteiger partial charge in [-0.2, -0.15) is 4.31 Å². The quantitative estimate of drug-likeness (QED) is 0.718. The van der Waals surface area contributed by atoms with E-state index in [4.69, 9.17) is 0 Å². The number of carbonyl (C=O) groups excluding carboxylic acids is 1. The summed E-state index contributed by atoms with van der Waals surface area (Å²) in [5.41, 5.74) is 0.835. The lowest BCUT2D eigenvalue weighted by Gasteiger charge is -2.33. The Morgan fingerprint density at radius 1 is 1.04 bits per heavy atom. The molecule has 0 spiro atoms. The number of piperidine rings is 1. The summed E-state index contributed by atoms with van der Waals surface area (Å²) in [6.45, 7) is 4.89. The molecule has 2 aromatic carbocycles. The molecule has 1 heterocycles. The molecule has 1 aliphatic rings. The zero-order valence-corrected chi connectivity index (χ0v) is 16.0. The molecule has 5 nitrogen and oxygen atoms in total. The van der Waals surface area contributed by atoms with Crippen LogP contribution in [-0.4, -0.2) is 38.3 Å². The van der Waals surface area contributed by atoms with Gasteiger partial charge in [0.15, 0.2) is 0 Å². The largest absolute Gasteiger partial charge is 0.308 e. The number of carbonyl (C=O) groups is 1. The summed E-state index contributed by atoms with van der Waals surface area (Å²) >= 11 is 0. The Morgan fingerprint density at radius 3 is 2.15 bits per heavy atom. The van der Waals surface area contributed by atoms with Crippen molar-refractivity contribution in [3.63, 3.8) is 0 Å². The van der Waals surface area contributed by atoms with Crippen LogP contribution in [0.5, 0.6) is 0 Å². The predicted octanol–water partition coefficient (Wildman–Crippen LogP) is 3.31. The summed E-state index contributed by atoms with van der Waals surface area (Å²) in [6.07, 6.45) is 2.75. The van der Waals surface area contributed by atoms with Crippen molar-refractivity contribution in [1.82, 2.24) is 4.31 Å². The SMILES string of the molecule is C=CCN(C(=O)C1CCN(S(=O)(=O)c2ccccc2)CC1)c1ccccc1. The second-order valence-corrected chi connectivity index (χ2v) is 8.50. The van der Waals surface area contributed by atoms with Crippen LogP contribution in [0.25, 0.3) is 0 Å². The Bertz CT molecular complexity index is 874. The number of para-hydroxylation sites is 1. The molecule has 1 fully saturated rings. The lowest BCUT2D eigenvalue weighted by molar-refractivity contribution is -0.123. The van der Waals surface area contributed by atoms with Crippen LogP contribution in [0.3, 0.4) is 0 Å². The molecule has 1 saturated heterocycles. The van der Waals surface area contributed by atoms with E-state index in [-0.39, 0.29) is 11.8 Å². The molecular formula is C21H24N2O3S. The Balaban J connectivity index is 1.69. The first-order valence-electron chi connectivity index (χ1n) is 9.06. The van der Waals surface area contributed by atoms with Gasteiger partial charge in [-0.25, -0.2) is 8.42 Å². The minimum absolute atomic E-state index is 0.0258. The van der Waals surface area contributed by atoms with E-state index in [0.717, 1.165) is 5.69 Å². The van der Waals surface area contributed by atoms with Crippen LogP contribution in [0, 0.1) is 5.92 Å². The fourth-order valence-electron chi connectivity index (χ4n) is 3.36. The molecule has 0 saturated carbocycles. The molecule has 0 radical (unpaired) electrons. The van der Waals surface area contributed by atoms with Gasteiger partial charge in [0, 0.05) is 31.2 Å². The van der Waals surface area contributed by atoms with Crippen LogP contribution < -0.4 is 4.90 Å². The molecule has 2 aromatic rings. The molecule has 0 atom stereocenters. The number of hydrogen-bond acceptors (Lipinski definition) is 3. The summed E-state index contributed by atoms with van der Waals surface area (Å²) in [5.74, 6) is -0.162. The van der Waals surface area contributed by atoms with Crippen molar-refractivity contribution in [3.05, 3.63) is 73.3 Å². The van der Waals surface area contributed by atoms with Crippen molar-refractivity contribution in [2.45, 2.75) is 17.7 Å². The van der Waals surface area contributed by atoms with Gasteiger partial charge in [0.25, 0.3) is 0 Å². The molecule has 0 aliphatic carbocycles. The molecule has 1 aliphatic heterocycles. The highest BCUT2D eigenvalue weighted by Crippen LogP contribution is 2.26. The fourth-order valence-corrected chi connectivity index (χ4v) is 4.86. The summed E-state index contributed by atoms with van der Waals surface area (Å²) < 4.78 is 27.0. The van der Waals surface area contributed by atoms with Crippen molar-refractivity contribution in [2.24, 2.45) is 5.92 Å². The lowest BCUT2D eigenvalue weighted by atomic mass is 9.96. The van der Waals surface area contributed by atoms with Crippen molar-refractivity contribution in [1.29, 1.82) is 0 Å². The van der Waals surface area contributed by atoms with Crippen LogP contribution >= 0.6 is 0 Å². The average Bonchev–Trinajstić information content (AvgIpc) is 2.73. The standard InChI is InChI=1S/C21H24N2O3S/c1-2-15-23(19-9-5-3-6-10-19)21(24)18-13-16-22(17-14-18)27(25,26)20-11-7-4-8-12-20/h2-12,18H,1,13-17H2. The summed E-state index contributed by atoms with van der Waals surface area (Å²) in [6, 6.07) is 17.9. The maximum atomic E-state index is 13.0. The Kier molecular flexibility index (Phi) is 6.08. The Hall–Kier alpha value is -2.44. The van der Waals surface area contributed by atoms with Crippen LogP contribution in [0.1, 0.15) is 12.8 Å². The molecule has 0 N–H and O–H groups in total. The predicted molar refractivity (Wildman–Crippen MR) is 107 cm³/mol. The van der Waals surface area contributed by atoms with E-state index in [2.05, 4.69) is 6.58 Å². The summed E-state index contributed by atoms with van der Waals surface area (Å²) in [7, 11) is -3.50. The first-order valence-corrected chi connectivity index (χ1v) is 10.5. The van der Waals surface area contributed by atoms with Gasteiger partial charge in [-0.3, -0.25) is 4.79 Å². The highest BCUT2D eigenvalue weighted by molar-refractivity contribution is 7.89. The van der Waals surface area contributed by atoms with E-state index in [0.29, 0.717) is 37.4 Å². The summed E-state index contributed by atoms with van der Waals surface area (Å²) in [5, 5.41) is 0. The fraction of sp³-hybridized carbons (Fsp3) is 0.286. The Morgan fingerprint density at radius 2 is 1.59 bits per heavy atom. The topological polar surface area (TPSA) is 57.7 Å². The van der Waals surface area contributed by atoms with Gasteiger partial charge in [-0.15, -0.1) is 6.58 Å². The van der Waals surface area contributed by atoms with Crippen molar-refractivity contribution >= 4 is 21.6 Å². The number of rotatable bonds is 6. The van der Waals surface area contributed by atoms with Crippen LogP contribution in [0.2, 0.25) is 0 Å². The third-order valence-corrected chi connectivity index (χ3v) is 6.74. The van der Waals surface area contributed by atoms with Gasteiger partial charge in [-0.05, 0) is 37.1 Å². The summed E-state index contributed by atoms with van der Waals surface area (Å²) in [4.78, 5) is 15.0. The molecule has 6 heteroatoms. The second-order valence-electron chi connectivity index (χ2n) is 6.56. The van der Waals surface area contributed by atoms with Crippen molar-refractivity contribution < 1.29 is 13.2 Å². The minimum Gasteiger partial charge on any atom is -0.308 e. The van der Waals surface area contributed by atoms with Gasteiger partial charge in [-0.1, -0.05) is 42.5 Å². The van der Waals surface area contributed by atoms with E-state index in [1.807, 2.05) is 30.3 Å². The van der Waals surface area contributed by atoms with Gasteiger partial charge >= 0.3 is 0 Å². The first-order chi connectivity index (χ1) is 13.0. The van der Waals surface area contributed by atoms with E-state index in [1.54, 1.807) is 41.3 Å². The maximum Gasteiger partial charge on any atom is 0.243 e. The number of hydrogen-bond donors (Lipinski definition) is 0. The number of sulfonamides is 1. The molecule has 1 amide bonds. The van der Waals surface area contributed by atoms with Crippen molar-refractivity contribution in [3.8, 4) is 0 Å². The lowest BCUT2D eigenvalue weighted by Crippen LogP contribution is -2.44. The molecular weight excluding hydrogens is 360 g/mol. The third kappa shape index (κ3) is 4.28. The first kappa shape index (κ1) is 19.3. The van der Waals surface area contributed by atoms with Gasteiger partial charge in [0.1, 0.15) is 0 Å². The second kappa shape index (κ2) is 8.50. The Labute approximate surface area is 161 Å². The highest BCUT2D eigenvalue weighted by atomic mass is 32.2. The monoisotopic (exact) mass is 384 g/mol. The normalized spacial score (nSPS) is 16.0. The smallest absolute Gasteiger partial charge is 0.243 e. The number of anilines is 1. The van der Waals surface area contributed by atoms with Crippen LogP contribution in [-0.2, 0) is 14.8 Å². The molecule has 142 valence electrons. The van der Waals surface area contributed by atoms with Gasteiger partial charge in [0.2, 0.25) is 15.9 Å². The zero-order valence-electron chi connectivity index (χ0n) is 15.2. The third-order valence-electron chi connectivity index (χ3n) is 4.83. The van der Waals surface area contributed by atoms with Gasteiger partial charge < -0.3 is 4.90 Å². The number of amides is 1. The zero-order chi connectivity index (χ0) is 19.3. The maximum absolute atomic E-state index is 13.0. The molecule has 27 heavy (non-hydrogen) atoms. The number of nitrogens with zero attached hydrogens (tertiary/aromatic N) is 2. The van der Waals surface area contributed by atoms with E-state index in [9.17, 15) is 13.2 Å². The molecule has 0 unspecified atom stereocenters. The average molecular weight is 385 g/mol. The molecule has 0 aromatic heterocycles. The number of benzene rings is 2. The minimum atomic E-state index is -3.50. The molecule has 3 rings (SSSR count). The molecule has 0 bridgehead atoms. The van der Waals surface area contributed by atoms with E-state index >= 15 is 0 Å². The van der Waals surface area contributed by atoms with Crippen LogP contribution in [0.4, 0.5) is 5.69 Å². The van der Waals surface area contributed by atoms with Crippen molar-refractivity contribution in [2.75, 3.05) is 24.5 Å². The van der Waals surface area contributed by atoms with E-state index < -0.39 is 10.0 Å². The highest BCUT2D eigenvalue weighted by Gasteiger charge is 2.33. The van der Waals surface area contributed by atoms with Crippen LogP contribution in [0.15, 0.2) is 78.2 Å². The van der Waals surface area contributed by atoms with E-state index in [1.165, 1.54) is 4.31 Å².